The second-order valence-electron chi connectivity index (χ2n) is 6.52. The van der Waals surface area contributed by atoms with E-state index in [2.05, 4.69) is 16.7 Å². The molecule has 7 heteroatoms. The number of rotatable bonds is 4. The van der Waals surface area contributed by atoms with Crippen LogP contribution in [0.1, 0.15) is 28.2 Å². The van der Waals surface area contributed by atoms with Gasteiger partial charge in [0.1, 0.15) is 22.6 Å². The van der Waals surface area contributed by atoms with Crippen LogP contribution in [0.2, 0.25) is 0 Å². The number of nitriles is 1. The summed E-state index contributed by atoms with van der Waals surface area (Å²) in [5, 5.41) is 15.9. The van der Waals surface area contributed by atoms with Gasteiger partial charge in [-0.05, 0) is 55.3 Å². The van der Waals surface area contributed by atoms with Crippen molar-refractivity contribution in [2.45, 2.75) is 19.3 Å². The summed E-state index contributed by atoms with van der Waals surface area (Å²) >= 11 is 6.76. The molecule has 1 aromatic carbocycles. The zero-order valence-electron chi connectivity index (χ0n) is 15.4. The standard InChI is InChI=1S/C22H17N3O2S2/c23-13-17-16-7-4-8-19(16)29-21(17)25-22(28)24-20(26)12-10-15-9-11-18(27-15)14-5-2-1-3-6-14/h1-3,5-6,9-12H,4,7-8H2,(H2,24,25,26,28)/b12-10+. The molecule has 0 aliphatic heterocycles. The number of nitrogens with zero attached hydrogens (tertiary/aromatic N) is 1. The molecule has 0 saturated heterocycles. The number of thiophene rings is 1. The van der Waals surface area contributed by atoms with Crippen molar-refractivity contribution in [2.24, 2.45) is 0 Å². The van der Waals surface area contributed by atoms with Crippen molar-refractivity contribution in [3.05, 3.63) is 70.3 Å². The molecule has 2 aromatic heterocycles. The molecule has 5 nitrogen and oxygen atoms in total. The Kier molecular flexibility index (Phi) is 5.56. The van der Waals surface area contributed by atoms with Crippen LogP contribution in [-0.4, -0.2) is 11.0 Å². The molecule has 0 radical (unpaired) electrons. The molecule has 0 unspecified atom stereocenters. The minimum absolute atomic E-state index is 0.167. The van der Waals surface area contributed by atoms with Crippen molar-refractivity contribution in [1.29, 1.82) is 5.26 Å². The van der Waals surface area contributed by atoms with Crippen LogP contribution in [0.4, 0.5) is 5.00 Å². The van der Waals surface area contributed by atoms with Crippen LogP contribution in [0.5, 0.6) is 0 Å². The van der Waals surface area contributed by atoms with Crippen LogP contribution < -0.4 is 10.6 Å². The molecular formula is C22H17N3O2S2. The van der Waals surface area contributed by atoms with E-state index >= 15 is 0 Å². The summed E-state index contributed by atoms with van der Waals surface area (Å²) < 4.78 is 5.74. The van der Waals surface area contributed by atoms with Gasteiger partial charge in [-0.15, -0.1) is 11.3 Å². The van der Waals surface area contributed by atoms with Crippen LogP contribution in [0.15, 0.2) is 53.0 Å². The fraction of sp³-hybridized carbons (Fsp3) is 0.136. The molecule has 1 amide bonds. The lowest BCUT2D eigenvalue weighted by Crippen LogP contribution is -2.32. The molecule has 2 heterocycles. The molecule has 1 aliphatic carbocycles. The first-order valence-electron chi connectivity index (χ1n) is 9.14. The smallest absolute Gasteiger partial charge is 0.250 e. The number of hydrogen-bond acceptors (Lipinski definition) is 5. The molecule has 4 rings (SSSR count). The van der Waals surface area contributed by atoms with Crippen LogP contribution >= 0.6 is 23.6 Å². The third kappa shape index (κ3) is 4.29. The van der Waals surface area contributed by atoms with E-state index in [1.54, 1.807) is 12.1 Å². The van der Waals surface area contributed by atoms with E-state index in [4.69, 9.17) is 16.6 Å². The van der Waals surface area contributed by atoms with Crippen molar-refractivity contribution in [3.63, 3.8) is 0 Å². The summed E-state index contributed by atoms with van der Waals surface area (Å²) in [7, 11) is 0. The number of nitrogens with one attached hydrogen (secondary N) is 2. The third-order valence-electron chi connectivity index (χ3n) is 4.58. The Hall–Kier alpha value is -3.21. The number of benzene rings is 1. The SMILES string of the molecule is N#Cc1c(NC(=S)NC(=O)/C=C/c2ccc(-c3ccccc3)o2)sc2c1CCC2. The Morgan fingerprint density at radius 2 is 2.03 bits per heavy atom. The van der Waals surface area contributed by atoms with Gasteiger partial charge in [0, 0.05) is 16.5 Å². The number of aryl methyl sites for hydroxylation is 1. The minimum Gasteiger partial charge on any atom is -0.457 e. The number of amides is 1. The minimum atomic E-state index is -0.372. The lowest BCUT2D eigenvalue weighted by Gasteiger charge is -2.06. The van der Waals surface area contributed by atoms with Crippen LogP contribution in [0.25, 0.3) is 17.4 Å². The number of carbonyl (C=O) groups excluding carboxylic acids is 1. The monoisotopic (exact) mass is 419 g/mol. The van der Waals surface area contributed by atoms with E-state index in [0.29, 0.717) is 16.3 Å². The molecule has 144 valence electrons. The topological polar surface area (TPSA) is 78.1 Å². The van der Waals surface area contributed by atoms with E-state index < -0.39 is 0 Å². The Labute approximate surface area is 177 Å². The number of anilines is 1. The van der Waals surface area contributed by atoms with Crippen molar-refractivity contribution >= 4 is 45.7 Å². The van der Waals surface area contributed by atoms with E-state index in [1.165, 1.54) is 22.3 Å². The van der Waals surface area contributed by atoms with Crippen LogP contribution in [-0.2, 0) is 17.6 Å². The first kappa shape index (κ1) is 19.1. The highest BCUT2D eigenvalue weighted by molar-refractivity contribution is 7.80. The van der Waals surface area contributed by atoms with Gasteiger partial charge in [0.05, 0.1) is 5.56 Å². The van der Waals surface area contributed by atoms with Crippen molar-refractivity contribution in [1.82, 2.24) is 5.32 Å². The maximum atomic E-state index is 12.2. The maximum Gasteiger partial charge on any atom is 0.250 e. The Morgan fingerprint density at radius 1 is 1.21 bits per heavy atom. The van der Waals surface area contributed by atoms with Crippen LogP contribution in [0.3, 0.4) is 0 Å². The summed E-state index contributed by atoms with van der Waals surface area (Å²) in [6, 6.07) is 15.6. The number of furan rings is 1. The van der Waals surface area contributed by atoms with Gasteiger partial charge in [-0.2, -0.15) is 5.26 Å². The quantitative estimate of drug-likeness (QED) is 0.465. The van der Waals surface area contributed by atoms with Gasteiger partial charge in [0.2, 0.25) is 5.91 Å². The predicted molar refractivity (Wildman–Crippen MR) is 119 cm³/mol. The molecule has 0 saturated carbocycles. The average molecular weight is 420 g/mol. The fourth-order valence-electron chi connectivity index (χ4n) is 3.26. The van der Waals surface area contributed by atoms with Crippen LogP contribution in [0, 0.1) is 11.3 Å². The number of fused-ring (bicyclic) bond motifs is 1. The summed E-state index contributed by atoms with van der Waals surface area (Å²) in [6.45, 7) is 0. The Balaban J connectivity index is 1.36. The van der Waals surface area contributed by atoms with Gasteiger partial charge < -0.3 is 9.73 Å². The molecule has 29 heavy (non-hydrogen) atoms. The highest BCUT2D eigenvalue weighted by Gasteiger charge is 2.22. The zero-order valence-corrected chi connectivity index (χ0v) is 17.0. The summed E-state index contributed by atoms with van der Waals surface area (Å²) in [5.41, 5.74) is 2.72. The normalized spacial score (nSPS) is 12.5. The lowest BCUT2D eigenvalue weighted by atomic mass is 10.1. The molecule has 0 spiro atoms. The van der Waals surface area contributed by atoms with Gasteiger partial charge in [0.15, 0.2) is 5.11 Å². The van der Waals surface area contributed by atoms with Gasteiger partial charge in [-0.3, -0.25) is 10.1 Å². The van der Waals surface area contributed by atoms with E-state index in [0.717, 1.165) is 36.1 Å². The average Bonchev–Trinajstić information content (AvgIpc) is 3.43. The van der Waals surface area contributed by atoms with Gasteiger partial charge in [-0.25, -0.2) is 0 Å². The number of hydrogen-bond donors (Lipinski definition) is 2. The summed E-state index contributed by atoms with van der Waals surface area (Å²) in [6.07, 6.45) is 5.95. The first-order chi connectivity index (χ1) is 14.1. The fourth-order valence-corrected chi connectivity index (χ4v) is 4.77. The Morgan fingerprint density at radius 3 is 2.83 bits per heavy atom. The van der Waals surface area contributed by atoms with Gasteiger partial charge >= 0.3 is 0 Å². The molecule has 3 aromatic rings. The van der Waals surface area contributed by atoms with E-state index in [1.807, 2.05) is 36.4 Å². The molecule has 0 atom stereocenters. The lowest BCUT2D eigenvalue weighted by molar-refractivity contribution is -0.115. The van der Waals surface area contributed by atoms with Crippen molar-refractivity contribution < 1.29 is 9.21 Å². The molecule has 0 bridgehead atoms. The van der Waals surface area contributed by atoms with Gasteiger partial charge in [0.25, 0.3) is 0 Å². The highest BCUT2D eigenvalue weighted by Crippen LogP contribution is 2.38. The van der Waals surface area contributed by atoms with E-state index in [-0.39, 0.29) is 11.0 Å². The first-order valence-corrected chi connectivity index (χ1v) is 10.4. The zero-order chi connectivity index (χ0) is 20.2. The van der Waals surface area contributed by atoms with E-state index in [9.17, 15) is 10.1 Å². The number of thiocarbonyl (C=S) groups is 1. The maximum absolute atomic E-state index is 12.2. The van der Waals surface area contributed by atoms with Gasteiger partial charge in [-0.1, -0.05) is 30.3 Å². The van der Waals surface area contributed by atoms with Crippen molar-refractivity contribution in [2.75, 3.05) is 5.32 Å². The molecule has 1 aliphatic rings. The second-order valence-corrected chi connectivity index (χ2v) is 8.03. The Bertz CT molecular complexity index is 1140. The summed E-state index contributed by atoms with van der Waals surface area (Å²) in [4.78, 5) is 13.4. The molecule has 0 fully saturated rings. The molecule has 2 N–H and O–H groups in total. The van der Waals surface area contributed by atoms with Crippen molar-refractivity contribution in [3.8, 4) is 17.4 Å². The highest BCUT2D eigenvalue weighted by atomic mass is 32.1. The number of carbonyl (C=O) groups is 1. The molecular weight excluding hydrogens is 402 g/mol. The predicted octanol–water partition coefficient (Wildman–Crippen LogP) is 4.89. The third-order valence-corrected chi connectivity index (χ3v) is 5.99. The second kappa shape index (κ2) is 8.43. The summed E-state index contributed by atoms with van der Waals surface area (Å²) in [5.74, 6) is 0.930. The largest absolute Gasteiger partial charge is 0.457 e.